The van der Waals surface area contributed by atoms with E-state index in [4.69, 9.17) is 9.47 Å². The number of carbonyl (C=O) groups excluding carboxylic acids is 1. The van der Waals surface area contributed by atoms with Crippen LogP contribution in [-0.2, 0) is 0 Å². The molecule has 26 heavy (non-hydrogen) atoms. The van der Waals surface area contributed by atoms with Crippen molar-refractivity contribution >= 4 is 23.4 Å². The van der Waals surface area contributed by atoms with Gasteiger partial charge in [-0.3, -0.25) is 9.89 Å². The molecule has 2 aromatic carbocycles. The van der Waals surface area contributed by atoms with Crippen molar-refractivity contribution in [3.05, 3.63) is 54.2 Å². The second-order valence-corrected chi connectivity index (χ2v) is 6.30. The van der Waals surface area contributed by atoms with Gasteiger partial charge in [0.2, 0.25) is 0 Å². The number of nitrogens with one attached hydrogen (secondary N) is 2. The lowest BCUT2D eigenvalue weighted by molar-refractivity contribution is 0.102. The summed E-state index contributed by atoms with van der Waals surface area (Å²) in [5.74, 6) is 1.05. The van der Waals surface area contributed by atoms with Crippen LogP contribution in [0, 0.1) is 0 Å². The predicted octanol–water partition coefficient (Wildman–Crippen LogP) is 4.07. The second-order valence-electron chi connectivity index (χ2n) is 5.42. The first-order valence-electron chi connectivity index (χ1n) is 7.88. The minimum Gasteiger partial charge on any atom is -0.497 e. The average Bonchev–Trinajstić information content (AvgIpc) is 3.17. The Balaban J connectivity index is 1.82. The number of amides is 1. The zero-order chi connectivity index (χ0) is 18.5. The van der Waals surface area contributed by atoms with Crippen molar-refractivity contribution in [3.63, 3.8) is 0 Å². The first-order chi connectivity index (χ1) is 12.6. The van der Waals surface area contributed by atoms with Gasteiger partial charge in [0.05, 0.1) is 19.9 Å². The molecule has 3 aromatic rings. The molecule has 7 heteroatoms. The highest BCUT2D eigenvalue weighted by atomic mass is 32.2. The molecular weight excluding hydrogens is 350 g/mol. The maximum atomic E-state index is 12.5. The number of hydrogen-bond donors (Lipinski definition) is 2. The van der Waals surface area contributed by atoms with Crippen LogP contribution < -0.4 is 14.8 Å². The van der Waals surface area contributed by atoms with E-state index in [0.29, 0.717) is 22.9 Å². The number of benzene rings is 2. The van der Waals surface area contributed by atoms with Crippen molar-refractivity contribution in [2.24, 2.45) is 0 Å². The monoisotopic (exact) mass is 369 g/mol. The molecule has 0 radical (unpaired) electrons. The first-order valence-corrected chi connectivity index (χ1v) is 9.10. The summed E-state index contributed by atoms with van der Waals surface area (Å²) in [6, 6.07) is 14.8. The van der Waals surface area contributed by atoms with E-state index in [0.717, 1.165) is 16.1 Å². The molecule has 1 aromatic heterocycles. The van der Waals surface area contributed by atoms with Crippen molar-refractivity contribution in [3.8, 4) is 22.8 Å². The molecule has 0 saturated carbocycles. The molecule has 3 rings (SSSR count). The zero-order valence-electron chi connectivity index (χ0n) is 14.7. The van der Waals surface area contributed by atoms with Crippen LogP contribution in [0.1, 0.15) is 10.5 Å². The number of H-pyrrole nitrogens is 1. The van der Waals surface area contributed by atoms with Gasteiger partial charge in [0, 0.05) is 22.2 Å². The van der Waals surface area contributed by atoms with Crippen LogP contribution in [0.4, 0.5) is 5.69 Å². The molecule has 0 aliphatic rings. The summed E-state index contributed by atoms with van der Waals surface area (Å²) in [5.41, 5.74) is 2.49. The minimum atomic E-state index is -0.255. The van der Waals surface area contributed by atoms with Gasteiger partial charge in [0.25, 0.3) is 5.91 Å². The Labute approximate surface area is 155 Å². The molecule has 0 bridgehead atoms. The Bertz CT molecular complexity index is 924. The summed E-state index contributed by atoms with van der Waals surface area (Å²) in [7, 11) is 3.18. The van der Waals surface area contributed by atoms with Crippen molar-refractivity contribution in [1.29, 1.82) is 0 Å². The summed E-state index contributed by atoms with van der Waals surface area (Å²) in [4.78, 5) is 13.6. The van der Waals surface area contributed by atoms with E-state index in [2.05, 4.69) is 15.5 Å². The number of hydrogen-bond acceptors (Lipinski definition) is 5. The molecule has 0 aliphatic carbocycles. The fourth-order valence-electron chi connectivity index (χ4n) is 2.49. The number of methoxy groups -OCH3 is 2. The van der Waals surface area contributed by atoms with Gasteiger partial charge in [-0.05, 0) is 42.7 Å². The highest BCUT2D eigenvalue weighted by molar-refractivity contribution is 7.98. The molecule has 0 aliphatic heterocycles. The molecule has 2 N–H and O–H groups in total. The molecule has 134 valence electrons. The normalized spacial score (nSPS) is 10.4. The van der Waals surface area contributed by atoms with Gasteiger partial charge in [-0.25, -0.2) is 0 Å². The van der Waals surface area contributed by atoms with Gasteiger partial charge in [-0.15, -0.1) is 11.8 Å². The summed E-state index contributed by atoms with van der Waals surface area (Å²) >= 11 is 1.62. The third-order valence-corrected chi connectivity index (χ3v) is 4.56. The standard InChI is InChI=1S/C19H19N3O3S/c1-24-13-7-8-15(18(10-13)25-2)16-11-17(22-21-16)19(23)20-12-5-4-6-14(9-12)26-3/h4-11H,1-3H3,(H,20,23)(H,21,22). The second kappa shape index (κ2) is 7.97. The molecule has 0 spiro atoms. The summed E-state index contributed by atoms with van der Waals surface area (Å²) in [5, 5.41) is 9.88. The Morgan fingerprint density at radius 1 is 1.12 bits per heavy atom. The van der Waals surface area contributed by atoms with Crippen LogP contribution in [-0.4, -0.2) is 36.6 Å². The highest BCUT2D eigenvalue weighted by Gasteiger charge is 2.15. The van der Waals surface area contributed by atoms with Gasteiger partial charge < -0.3 is 14.8 Å². The smallest absolute Gasteiger partial charge is 0.273 e. The van der Waals surface area contributed by atoms with Gasteiger partial charge in [-0.2, -0.15) is 5.10 Å². The van der Waals surface area contributed by atoms with E-state index in [-0.39, 0.29) is 5.91 Å². The van der Waals surface area contributed by atoms with Crippen LogP contribution >= 0.6 is 11.8 Å². The lowest BCUT2D eigenvalue weighted by Crippen LogP contribution is -2.12. The Kier molecular flexibility index (Phi) is 5.48. The SMILES string of the molecule is COc1ccc(-c2cc(C(=O)Nc3cccc(SC)c3)[nH]n2)c(OC)c1. The number of aromatic nitrogens is 2. The van der Waals surface area contributed by atoms with Crippen molar-refractivity contribution in [2.75, 3.05) is 25.8 Å². The maximum absolute atomic E-state index is 12.5. The van der Waals surface area contributed by atoms with Gasteiger partial charge >= 0.3 is 0 Å². The largest absolute Gasteiger partial charge is 0.497 e. The third kappa shape index (κ3) is 3.83. The van der Waals surface area contributed by atoms with Crippen molar-refractivity contribution in [1.82, 2.24) is 10.2 Å². The molecule has 0 saturated heterocycles. The molecule has 0 unspecified atom stereocenters. The predicted molar refractivity (Wildman–Crippen MR) is 103 cm³/mol. The van der Waals surface area contributed by atoms with E-state index in [1.54, 1.807) is 38.1 Å². The quantitative estimate of drug-likeness (QED) is 0.641. The van der Waals surface area contributed by atoms with Gasteiger partial charge in [-0.1, -0.05) is 6.07 Å². The lowest BCUT2D eigenvalue weighted by atomic mass is 10.1. The molecule has 0 atom stereocenters. The summed E-state index contributed by atoms with van der Waals surface area (Å²) < 4.78 is 10.6. The minimum absolute atomic E-state index is 0.255. The Morgan fingerprint density at radius 3 is 2.69 bits per heavy atom. The number of ether oxygens (including phenoxy) is 2. The Hall–Kier alpha value is -2.93. The van der Waals surface area contributed by atoms with Crippen LogP contribution in [0.2, 0.25) is 0 Å². The van der Waals surface area contributed by atoms with Gasteiger partial charge in [0.15, 0.2) is 0 Å². The maximum Gasteiger partial charge on any atom is 0.273 e. The number of rotatable bonds is 6. The number of thioether (sulfide) groups is 1. The summed E-state index contributed by atoms with van der Waals surface area (Å²) in [6.45, 7) is 0. The third-order valence-electron chi connectivity index (χ3n) is 3.83. The number of nitrogens with zero attached hydrogens (tertiary/aromatic N) is 1. The van der Waals surface area contributed by atoms with E-state index >= 15 is 0 Å². The fourth-order valence-corrected chi connectivity index (χ4v) is 2.94. The summed E-state index contributed by atoms with van der Waals surface area (Å²) in [6.07, 6.45) is 1.99. The number of aromatic amines is 1. The molecule has 0 fully saturated rings. The van der Waals surface area contributed by atoms with E-state index < -0.39 is 0 Å². The van der Waals surface area contributed by atoms with Crippen LogP contribution in [0.15, 0.2) is 53.4 Å². The molecular formula is C19H19N3O3S. The van der Waals surface area contributed by atoms with Crippen molar-refractivity contribution < 1.29 is 14.3 Å². The Morgan fingerprint density at radius 2 is 1.96 bits per heavy atom. The molecule has 1 heterocycles. The van der Waals surface area contributed by atoms with E-state index in [9.17, 15) is 4.79 Å². The van der Waals surface area contributed by atoms with E-state index in [1.807, 2.05) is 42.7 Å². The van der Waals surface area contributed by atoms with Crippen LogP contribution in [0.25, 0.3) is 11.3 Å². The lowest BCUT2D eigenvalue weighted by Gasteiger charge is -2.08. The molecule has 6 nitrogen and oxygen atoms in total. The van der Waals surface area contributed by atoms with Gasteiger partial charge in [0.1, 0.15) is 17.2 Å². The van der Waals surface area contributed by atoms with E-state index in [1.165, 1.54) is 0 Å². The molecule has 1 amide bonds. The van der Waals surface area contributed by atoms with Crippen LogP contribution in [0.3, 0.4) is 0 Å². The van der Waals surface area contributed by atoms with Crippen LogP contribution in [0.5, 0.6) is 11.5 Å². The topological polar surface area (TPSA) is 76.2 Å². The number of anilines is 1. The van der Waals surface area contributed by atoms with Crippen molar-refractivity contribution in [2.45, 2.75) is 4.90 Å². The average molecular weight is 369 g/mol. The first kappa shape index (κ1) is 17.9. The zero-order valence-corrected chi connectivity index (χ0v) is 15.5. The fraction of sp³-hybridized carbons (Fsp3) is 0.158. The number of carbonyl (C=O) groups is 1. The highest BCUT2D eigenvalue weighted by Crippen LogP contribution is 2.32.